The maximum atomic E-state index is 11.2. The lowest BCUT2D eigenvalue weighted by Crippen LogP contribution is -2.32. The maximum Gasteiger partial charge on any atom is 0.415 e. The first-order valence-corrected chi connectivity index (χ1v) is 3.95. The van der Waals surface area contributed by atoms with Crippen LogP contribution in [0.2, 0.25) is 0 Å². The number of carbonyl (C=O) groups is 1. The van der Waals surface area contributed by atoms with Gasteiger partial charge in [-0.05, 0) is 6.08 Å². The zero-order chi connectivity index (χ0) is 9.52. The monoisotopic (exact) mass is 184 g/mol. The highest BCUT2D eigenvalue weighted by Crippen LogP contribution is 1.96. The third kappa shape index (κ3) is 3.25. The molecule has 1 aliphatic heterocycles. The Labute approximate surface area is 76.6 Å². The molecule has 0 N–H and O–H groups in total. The average molecular weight is 184 g/mol. The van der Waals surface area contributed by atoms with E-state index in [-0.39, 0.29) is 6.61 Å². The van der Waals surface area contributed by atoms with Crippen molar-refractivity contribution < 1.29 is 14.3 Å². The van der Waals surface area contributed by atoms with Gasteiger partial charge >= 0.3 is 6.09 Å². The molecule has 13 heavy (non-hydrogen) atoms. The molecule has 0 aromatic rings. The van der Waals surface area contributed by atoms with E-state index in [0.29, 0.717) is 13.2 Å². The molecule has 0 bridgehead atoms. The predicted octanol–water partition coefficient (Wildman–Crippen LogP) is 0.627. The molecule has 0 unspecified atom stereocenters. The molecule has 0 atom stereocenters. The fourth-order valence-corrected chi connectivity index (χ4v) is 0.805. The number of hydrogen-bond donors (Lipinski definition) is 0. The molecule has 1 aliphatic rings. The minimum absolute atomic E-state index is 0.267. The van der Waals surface area contributed by atoms with Crippen molar-refractivity contribution in [1.29, 1.82) is 0 Å². The maximum absolute atomic E-state index is 11.2. The van der Waals surface area contributed by atoms with Crippen molar-refractivity contribution in [3.05, 3.63) is 12.3 Å². The minimum atomic E-state index is -0.398. The molecule has 0 aliphatic carbocycles. The second-order valence-corrected chi connectivity index (χ2v) is 2.41. The highest BCUT2D eigenvalue weighted by Gasteiger charge is 2.11. The number of methoxy groups -OCH3 is 1. The number of rotatable bonds is 3. The zero-order valence-electron chi connectivity index (χ0n) is 7.47. The summed E-state index contributed by atoms with van der Waals surface area (Å²) < 4.78 is 9.59. The van der Waals surface area contributed by atoms with E-state index in [1.807, 2.05) is 0 Å². The standard InChI is InChI=1S/C8H12N2O3/c1-12-5-6-13-8(11)10-4-2-3-9-7-10/h2-3,7H,4-6H2,1H3. The minimum Gasteiger partial charge on any atom is -0.447 e. The van der Waals surface area contributed by atoms with Gasteiger partial charge in [-0.25, -0.2) is 9.79 Å². The summed E-state index contributed by atoms with van der Waals surface area (Å²) in [4.78, 5) is 16.4. The normalized spacial score (nSPS) is 14.7. The largest absolute Gasteiger partial charge is 0.447 e. The molecule has 1 rings (SSSR count). The second kappa shape index (κ2) is 5.31. The predicted molar refractivity (Wildman–Crippen MR) is 47.6 cm³/mol. The van der Waals surface area contributed by atoms with E-state index in [1.165, 1.54) is 11.2 Å². The lowest BCUT2D eigenvalue weighted by atomic mass is 10.5. The smallest absolute Gasteiger partial charge is 0.415 e. The molecule has 5 heteroatoms. The van der Waals surface area contributed by atoms with Gasteiger partial charge in [0.05, 0.1) is 6.61 Å². The Morgan fingerprint density at radius 3 is 3.08 bits per heavy atom. The van der Waals surface area contributed by atoms with Crippen LogP contribution in [0.15, 0.2) is 17.3 Å². The molecule has 0 aromatic carbocycles. The number of amides is 1. The number of hydrogen-bond acceptors (Lipinski definition) is 4. The third-order valence-corrected chi connectivity index (χ3v) is 1.45. The lowest BCUT2D eigenvalue weighted by molar-refractivity contribution is 0.0864. The van der Waals surface area contributed by atoms with Crippen LogP contribution in [0, 0.1) is 0 Å². The van der Waals surface area contributed by atoms with Crippen LogP contribution in [-0.2, 0) is 9.47 Å². The number of ether oxygens (including phenoxy) is 2. The van der Waals surface area contributed by atoms with Crippen LogP contribution >= 0.6 is 0 Å². The Morgan fingerprint density at radius 2 is 2.46 bits per heavy atom. The van der Waals surface area contributed by atoms with Gasteiger partial charge in [-0.2, -0.15) is 0 Å². The number of carbonyl (C=O) groups excluding carboxylic acids is 1. The second-order valence-electron chi connectivity index (χ2n) is 2.41. The SMILES string of the molecule is COCCOC(=O)N1C=NC=CC1. The van der Waals surface area contributed by atoms with E-state index in [1.54, 1.807) is 19.4 Å². The summed E-state index contributed by atoms with van der Waals surface area (Å²) in [5.74, 6) is 0. The average Bonchev–Trinajstić information content (AvgIpc) is 2.19. The van der Waals surface area contributed by atoms with Gasteiger partial charge in [-0.3, -0.25) is 4.90 Å². The molecule has 0 spiro atoms. The molecule has 1 amide bonds. The Hall–Kier alpha value is -1.36. The molecule has 0 aromatic heterocycles. The van der Waals surface area contributed by atoms with Crippen LogP contribution in [0.3, 0.4) is 0 Å². The van der Waals surface area contributed by atoms with Crippen molar-refractivity contribution in [1.82, 2.24) is 4.90 Å². The first-order chi connectivity index (χ1) is 6.34. The van der Waals surface area contributed by atoms with Gasteiger partial charge < -0.3 is 9.47 Å². The fraction of sp³-hybridized carbons (Fsp3) is 0.500. The van der Waals surface area contributed by atoms with Crippen LogP contribution < -0.4 is 0 Å². The van der Waals surface area contributed by atoms with Crippen molar-refractivity contribution >= 4 is 12.4 Å². The lowest BCUT2D eigenvalue weighted by Gasteiger charge is -2.16. The van der Waals surface area contributed by atoms with E-state index < -0.39 is 6.09 Å². The van der Waals surface area contributed by atoms with Crippen LogP contribution in [-0.4, -0.2) is 44.2 Å². The summed E-state index contributed by atoms with van der Waals surface area (Å²) >= 11 is 0. The van der Waals surface area contributed by atoms with Gasteiger partial charge in [0, 0.05) is 19.9 Å². The van der Waals surface area contributed by atoms with Gasteiger partial charge in [-0.1, -0.05) is 0 Å². The molecule has 72 valence electrons. The van der Waals surface area contributed by atoms with E-state index >= 15 is 0 Å². The van der Waals surface area contributed by atoms with Gasteiger partial charge in [0.1, 0.15) is 12.9 Å². The van der Waals surface area contributed by atoms with Gasteiger partial charge in [-0.15, -0.1) is 0 Å². The van der Waals surface area contributed by atoms with Crippen LogP contribution in [0.5, 0.6) is 0 Å². The number of nitrogens with zero attached hydrogens (tertiary/aromatic N) is 2. The quantitative estimate of drug-likeness (QED) is 0.604. The molecule has 0 radical (unpaired) electrons. The topological polar surface area (TPSA) is 51.1 Å². The summed E-state index contributed by atoms with van der Waals surface area (Å²) in [6.07, 6.45) is 4.45. The summed E-state index contributed by atoms with van der Waals surface area (Å²) in [7, 11) is 1.55. The molecular weight excluding hydrogens is 172 g/mol. The van der Waals surface area contributed by atoms with Gasteiger partial charge in [0.25, 0.3) is 0 Å². The Balaban J connectivity index is 2.23. The first kappa shape index (κ1) is 9.73. The van der Waals surface area contributed by atoms with Gasteiger partial charge in [0.15, 0.2) is 0 Å². The van der Waals surface area contributed by atoms with Crippen molar-refractivity contribution in [2.75, 3.05) is 26.9 Å². The Bertz CT molecular complexity index is 225. The summed E-state index contributed by atoms with van der Waals surface area (Å²) in [5.41, 5.74) is 0. The van der Waals surface area contributed by atoms with E-state index in [9.17, 15) is 4.79 Å². The molecule has 0 saturated heterocycles. The molecule has 1 heterocycles. The fourth-order valence-electron chi connectivity index (χ4n) is 0.805. The number of aliphatic imine (C=N–C) groups is 1. The van der Waals surface area contributed by atoms with Crippen molar-refractivity contribution in [3.63, 3.8) is 0 Å². The van der Waals surface area contributed by atoms with E-state index in [4.69, 9.17) is 9.47 Å². The van der Waals surface area contributed by atoms with Crippen molar-refractivity contribution in [2.45, 2.75) is 0 Å². The Morgan fingerprint density at radius 1 is 1.62 bits per heavy atom. The summed E-state index contributed by atoms with van der Waals surface area (Å²) in [6, 6.07) is 0. The molecule has 0 saturated carbocycles. The summed E-state index contributed by atoms with van der Waals surface area (Å²) in [5, 5.41) is 0. The van der Waals surface area contributed by atoms with Gasteiger partial charge in [0.2, 0.25) is 0 Å². The highest BCUT2D eigenvalue weighted by atomic mass is 16.6. The first-order valence-electron chi connectivity index (χ1n) is 3.95. The van der Waals surface area contributed by atoms with Crippen LogP contribution in [0.25, 0.3) is 0 Å². The van der Waals surface area contributed by atoms with Crippen LogP contribution in [0.1, 0.15) is 0 Å². The Kier molecular flexibility index (Phi) is 3.98. The molecular formula is C8H12N2O3. The van der Waals surface area contributed by atoms with Crippen molar-refractivity contribution in [3.8, 4) is 0 Å². The highest BCUT2D eigenvalue weighted by molar-refractivity contribution is 5.83. The summed E-state index contributed by atoms with van der Waals surface area (Å²) in [6.45, 7) is 1.19. The van der Waals surface area contributed by atoms with Crippen molar-refractivity contribution in [2.24, 2.45) is 4.99 Å². The molecule has 5 nitrogen and oxygen atoms in total. The molecule has 0 fully saturated rings. The zero-order valence-corrected chi connectivity index (χ0v) is 7.47. The third-order valence-electron chi connectivity index (χ3n) is 1.45. The van der Waals surface area contributed by atoms with E-state index in [0.717, 1.165) is 0 Å². The van der Waals surface area contributed by atoms with E-state index in [2.05, 4.69) is 4.99 Å². The van der Waals surface area contributed by atoms with Crippen LogP contribution in [0.4, 0.5) is 4.79 Å².